The van der Waals surface area contributed by atoms with E-state index in [2.05, 4.69) is 17.1 Å². The van der Waals surface area contributed by atoms with E-state index in [0.29, 0.717) is 10.5 Å². The Bertz CT molecular complexity index is 118. The van der Waals surface area contributed by atoms with Gasteiger partial charge in [-0.15, -0.1) is 0 Å². The maximum Gasteiger partial charge on any atom is 0.295 e. The van der Waals surface area contributed by atoms with E-state index in [9.17, 15) is 4.79 Å². The average molecular weight is 178 g/mol. The van der Waals surface area contributed by atoms with Gasteiger partial charge < -0.3 is 4.43 Å². The molecule has 0 aromatic heterocycles. The summed E-state index contributed by atoms with van der Waals surface area (Å²) in [5.74, 6) is -0.181. The maximum atomic E-state index is 10.9. The molecule has 0 aliphatic carbocycles. The second-order valence-corrected chi connectivity index (χ2v) is 3.36. The van der Waals surface area contributed by atoms with Gasteiger partial charge in [-0.25, -0.2) is 0 Å². The van der Waals surface area contributed by atoms with Crippen molar-refractivity contribution in [2.75, 3.05) is 0 Å². The van der Waals surface area contributed by atoms with Crippen LogP contribution in [0, 0.1) is 5.92 Å². The Morgan fingerprint density at radius 3 is 2.60 bits per heavy atom. The summed E-state index contributed by atoms with van der Waals surface area (Å²) in [5, 5.41) is 0.140. The summed E-state index contributed by atoms with van der Waals surface area (Å²) in [7, 11) is 0.486. The van der Waals surface area contributed by atoms with Gasteiger partial charge in [0.05, 0.1) is 5.92 Å². The van der Waals surface area contributed by atoms with Crippen LogP contribution < -0.4 is 0 Å². The highest BCUT2D eigenvalue weighted by atomic mass is 32.1. The third-order valence-electron chi connectivity index (χ3n) is 1.57. The SMILES string of the molecule is CCC(S)C(C)C(=O)O[SiH3]. The molecule has 0 radical (unpaired) electrons. The summed E-state index contributed by atoms with van der Waals surface area (Å²) < 4.78 is 4.69. The van der Waals surface area contributed by atoms with Crippen molar-refractivity contribution in [1.29, 1.82) is 0 Å². The molecule has 0 spiro atoms. The van der Waals surface area contributed by atoms with Gasteiger partial charge in [0.25, 0.3) is 5.97 Å². The molecule has 0 aromatic rings. The Kier molecular flexibility index (Phi) is 4.81. The lowest BCUT2D eigenvalue weighted by Gasteiger charge is -2.14. The van der Waals surface area contributed by atoms with Crippen LogP contribution in [0.25, 0.3) is 0 Å². The predicted octanol–water partition coefficient (Wildman–Crippen LogP) is 0.154. The van der Waals surface area contributed by atoms with Crippen molar-refractivity contribution in [2.45, 2.75) is 25.5 Å². The molecule has 0 aliphatic heterocycles. The Balaban J connectivity index is 3.81. The van der Waals surface area contributed by atoms with Crippen molar-refractivity contribution in [3.8, 4) is 0 Å². The van der Waals surface area contributed by atoms with E-state index in [1.54, 1.807) is 0 Å². The van der Waals surface area contributed by atoms with Crippen molar-refractivity contribution in [3.63, 3.8) is 0 Å². The maximum absolute atomic E-state index is 10.9. The Morgan fingerprint density at radius 1 is 1.80 bits per heavy atom. The number of hydrogen-bond acceptors (Lipinski definition) is 3. The van der Waals surface area contributed by atoms with Gasteiger partial charge in [-0.2, -0.15) is 12.6 Å². The van der Waals surface area contributed by atoms with E-state index >= 15 is 0 Å². The molecule has 0 aliphatic rings. The third-order valence-corrected chi connectivity index (χ3v) is 2.78. The number of carbonyl (C=O) groups excluding carboxylic acids is 1. The van der Waals surface area contributed by atoms with Crippen LogP contribution in [0.4, 0.5) is 0 Å². The van der Waals surface area contributed by atoms with Gasteiger partial charge in [0.15, 0.2) is 0 Å². The largest absolute Gasteiger partial charge is 0.529 e. The molecule has 10 heavy (non-hydrogen) atoms. The zero-order chi connectivity index (χ0) is 8.15. The fraction of sp³-hybridized carbons (Fsp3) is 0.833. The Labute approximate surface area is 70.3 Å². The topological polar surface area (TPSA) is 26.3 Å². The summed E-state index contributed by atoms with van der Waals surface area (Å²) in [6.07, 6.45) is 0.904. The molecule has 0 aromatic carbocycles. The molecular formula is C6H14O2SSi. The smallest absolute Gasteiger partial charge is 0.295 e. The number of thiol groups is 1. The standard InChI is InChI=1S/C6H14O2SSi/c1-3-5(9)4(2)6(7)8-10/h4-5,9H,3H2,1-2,10H3. The van der Waals surface area contributed by atoms with Crippen LogP contribution in [0.15, 0.2) is 0 Å². The first-order chi connectivity index (χ1) is 4.63. The van der Waals surface area contributed by atoms with Gasteiger partial charge in [0, 0.05) is 5.25 Å². The fourth-order valence-electron chi connectivity index (χ4n) is 0.697. The predicted molar refractivity (Wildman–Crippen MR) is 48.3 cm³/mol. The number of hydrogen-bond donors (Lipinski definition) is 1. The van der Waals surface area contributed by atoms with Crippen molar-refractivity contribution >= 4 is 29.1 Å². The molecule has 60 valence electrons. The first-order valence-electron chi connectivity index (χ1n) is 3.39. The summed E-state index contributed by atoms with van der Waals surface area (Å²) in [6, 6.07) is 0. The van der Waals surface area contributed by atoms with E-state index in [4.69, 9.17) is 0 Å². The highest BCUT2D eigenvalue weighted by molar-refractivity contribution is 7.81. The number of rotatable bonds is 3. The van der Waals surface area contributed by atoms with Crippen LogP contribution in [0.5, 0.6) is 0 Å². The Hall–Kier alpha value is 0.0369. The van der Waals surface area contributed by atoms with Crippen molar-refractivity contribution in [1.82, 2.24) is 0 Å². The molecule has 0 N–H and O–H groups in total. The monoisotopic (exact) mass is 178 g/mol. The molecule has 4 heteroatoms. The highest BCUT2D eigenvalue weighted by Crippen LogP contribution is 2.13. The minimum absolute atomic E-state index is 0.0640. The van der Waals surface area contributed by atoms with E-state index in [0.717, 1.165) is 6.42 Å². The van der Waals surface area contributed by atoms with E-state index in [-0.39, 0.29) is 17.1 Å². The molecule has 0 bridgehead atoms. The normalized spacial score (nSPS) is 16.3. The molecule has 0 rings (SSSR count). The van der Waals surface area contributed by atoms with Crippen LogP contribution >= 0.6 is 12.6 Å². The van der Waals surface area contributed by atoms with E-state index in [1.807, 2.05) is 13.8 Å². The first-order valence-corrected chi connectivity index (χ1v) is 4.72. The molecule has 2 atom stereocenters. The fourth-order valence-corrected chi connectivity index (χ4v) is 1.19. The molecule has 0 saturated carbocycles. The van der Waals surface area contributed by atoms with Gasteiger partial charge in [0.2, 0.25) is 10.5 Å². The lowest BCUT2D eigenvalue weighted by Crippen LogP contribution is -2.22. The van der Waals surface area contributed by atoms with Crippen LogP contribution in [-0.2, 0) is 9.22 Å². The molecule has 0 amide bonds. The minimum atomic E-state index is -0.117. The van der Waals surface area contributed by atoms with Crippen molar-refractivity contribution < 1.29 is 9.22 Å². The van der Waals surface area contributed by atoms with Crippen molar-refractivity contribution in [2.24, 2.45) is 5.92 Å². The number of carbonyl (C=O) groups is 1. The summed E-state index contributed by atoms with van der Waals surface area (Å²) in [5.41, 5.74) is 0. The van der Waals surface area contributed by atoms with Gasteiger partial charge in [-0.05, 0) is 6.42 Å². The zero-order valence-electron chi connectivity index (χ0n) is 6.63. The zero-order valence-corrected chi connectivity index (χ0v) is 9.52. The highest BCUT2D eigenvalue weighted by Gasteiger charge is 2.18. The van der Waals surface area contributed by atoms with E-state index in [1.165, 1.54) is 0 Å². The molecule has 0 fully saturated rings. The van der Waals surface area contributed by atoms with Crippen molar-refractivity contribution in [3.05, 3.63) is 0 Å². The second kappa shape index (κ2) is 4.79. The lowest BCUT2D eigenvalue weighted by molar-refractivity contribution is -0.137. The van der Waals surface area contributed by atoms with Crippen LogP contribution in [0.3, 0.4) is 0 Å². The lowest BCUT2D eigenvalue weighted by atomic mass is 10.1. The summed E-state index contributed by atoms with van der Waals surface area (Å²) in [6.45, 7) is 3.86. The van der Waals surface area contributed by atoms with Crippen LogP contribution in [-0.4, -0.2) is 21.7 Å². The van der Waals surface area contributed by atoms with Crippen LogP contribution in [0.2, 0.25) is 0 Å². The molecule has 2 nitrogen and oxygen atoms in total. The molecular weight excluding hydrogens is 164 g/mol. The quantitative estimate of drug-likeness (QED) is 0.492. The first kappa shape index (κ1) is 10.0. The van der Waals surface area contributed by atoms with E-state index < -0.39 is 0 Å². The second-order valence-electron chi connectivity index (χ2n) is 2.29. The minimum Gasteiger partial charge on any atom is -0.529 e. The van der Waals surface area contributed by atoms with Gasteiger partial charge in [0.1, 0.15) is 0 Å². The average Bonchev–Trinajstić information content (AvgIpc) is 2.00. The molecule has 0 saturated heterocycles. The summed E-state index contributed by atoms with van der Waals surface area (Å²) >= 11 is 4.23. The van der Waals surface area contributed by atoms with Crippen LogP contribution in [0.1, 0.15) is 20.3 Å². The van der Waals surface area contributed by atoms with Gasteiger partial charge in [-0.3, -0.25) is 4.79 Å². The Morgan fingerprint density at radius 2 is 2.30 bits per heavy atom. The molecule has 0 heterocycles. The third kappa shape index (κ3) is 2.75. The van der Waals surface area contributed by atoms with Gasteiger partial charge >= 0.3 is 0 Å². The summed E-state index contributed by atoms with van der Waals surface area (Å²) in [4.78, 5) is 10.9. The van der Waals surface area contributed by atoms with Gasteiger partial charge in [-0.1, -0.05) is 13.8 Å². The molecule has 2 unspecified atom stereocenters.